The number of benzene rings is 1. The van der Waals surface area contributed by atoms with Gasteiger partial charge in [0.1, 0.15) is 5.75 Å². The standard InChI is InChI=1S/C16H22N2O3/c1-11(2)17-16(20)13-8-15(19)18(10-13)9-12-6-4-5-7-14(12)21-3/h4-7,11,13H,8-10H2,1-3H3,(H,17,20)/t13-/m0/s1. The number of likely N-dealkylation sites (tertiary alicyclic amines) is 1. The molecule has 1 aliphatic heterocycles. The molecule has 1 aromatic carbocycles. The van der Waals surface area contributed by atoms with E-state index in [-0.39, 0.29) is 30.2 Å². The van der Waals surface area contributed by atoms with Gasteiger partial charge in [0.2, 0.25) is 11.8 Å². The first-order chi connectivity index (χ1) is 10.0. The van der Waals surface area contributed by atoms with E-state index in [0.29, 0.717) is 13.1 Å². The van der Waals surface area contributed by atoms with Gasteiger partial charge in [0.25, 0.3) is 0 Å². The average molecular weight is 290 g/mol. The van der Waals surface area contributed by atoms with Crippen molar-refractivity contribution in [3.63, 3.8) is 0 Å². The number of nitrogens with one attached hydrogen (secondary N) is 1. The molecule has 5 heteroatoms. The van der Waals surface area contributed by atoms with Crippen molar-refractivity contribution < 1.29 is 14.3 Å². The lowest BCUT2D eigenvalue weighted by molar-refractivity contribution is -0.129. The summed E-state index contributed by atoms with van der Waals surface area (Å²) in [6.45, 7) is 4.78. The van der Waals surface area contributed by atoms with E-state index in [4.69, 9.17) is 4.74 Å². The van der Waals surface area contributed by atoms with E-state index in [0.717, 1.165) is 11.3 Å². The van der Waals surface area contributed by atoms with Crippen LogP contribution in [0.25, 0.3) is 0 Å². The van der Waals surface area contributed by atoms with Crippen molar-refractivity contribution in [2.45, 2.75) is 32.9 Å². The minimum atomic E-state index is -0.255. The maximum absolute atomic E-state index is 12.1. The molecule has 0 bridgehead atoms. The number of rotatable bonds is 5. The van der Waals surface area contributed by atoms with Crippen molar-refractivity contribution in [3.05, 3.63) is 29.8 Å². The van der Waals surface area contributed by atoms with Crippen LogP contribution >= 0.6 is 0 Å². The average Bonchev–Trinajstić information content (AvgIpc) is 2.80. The molecule has 2 rings (SSSR count). The van der Waals surface area contributed by atoms with Gasteiger partial charge >= 0.3 is 0 Å². The fraction of sp³-hybridized carbons (Fsp3) is 0.500. The Balaban J connectivity index is 2.02. The highest BCUT2D eigenvalue weighted by Gasteiger charge is 2.34. The maximum Gasteiger partial charge on any atom is 0.225 e. The molecule has 0 aromatic heterocycles. The molecule has 0 spiro atoms. The van der Waals surface area contributed by atoms with Gasteiger partial charge in [0.05, 0.1) is 13.0 Å². The molecule has 2 amide bonds. The highest BCUT2D eigenvalue weighted by atomic mass is 16.5. The van der Waals surface area contributed by atoms with Crippen LogP contribution in [0.2, 0.25) is 0 Å². The zero-order chi connectivity index (χ0) is 15.4. The van der Waals surface area contributed by atoms with Gasteiger partial charge in [0, 0.05) is 31.1 Å². The van der Waals surface area contributed by atoms with Crippen LogP contribution in [0.5, 0.6) is 5.75 Å². The third kappa shape index (κ3) is 3.74. The zero-order valence-corrected chi connectivity index (χ0v) is 12.8. The van der Waals surface area contributed by atoms with Crippen LogP contribution < -0.4 is 10.1 Å². The number of carbonyl (C=O) groups excluding carboxylic acids is 2. The summed E-state index contributed by atoms with van der Waals surface area (Å²) in [5.41, 5.74) is 0.957. The van der Waals surface area contributed by atoms with Crippen LogP contribution in [0.3, 0.4) is 0 Å². The summed E-state index contributed by atoms with van der Waals surface area (Å²) in [6, 6.07) is 7.72. The summed E-state index contributed by atoms with van der Waals surface area (Å²) in [6.07, 6.45) is 0.285. The molecule has 0 radical (unpaired) electrons. The molecule has 1 heterocycles. The molecule has 1 fully saturated rings. The first-order valence-electron chi connectivity index (χ1n) is 7.21. The van der Waals surface area contributed by atoms with Gasteiger partial charge in [-0.1, -0.05) is 18.2 Å². The predicted octanol–water partition coefficient (Wildman–Crippen LogP) is 1.57. The molecule has 1 aromatic rings. The molecule has 0 saturated carbocycles. The number of nitrogens with zero attached hydrogens (tertiary/aromatic N) is 1. The molecule has 5 nitrogen and oxygen atoms in total. The number of methoxy groups -OCH3 is 1. The van der Waals surface area contributed by atoms with Gasteiger partial charge in [-0.25, -0.2) is 0 Å². The van der Waals surface area contributed by atoms with E-state index in [1.165, 1.54) is 0 Å². The lowest BCUT2D eigenvalue weighted by Crippen LogP contribution is -2.36. The summed E-state index contributed by atoms with van der Waals surface area (Å²) < 4.78 is 5.30. The topological polar surface area (TPSA) is 58.6 Å². The Hall–Kier alpha value is -2.04. The van der Waals surface area contributed by atoms with E-state index in [9.17, 15) is 9.59 Å². The Morgan fingerprint density at radius 3 is 2.81 bits per heavy atom. The fourth-order valence-corrected chi connectivity index (χ4v) is 2.54. The van der Waals surface area contributed by atoms with E-state index >= 15 is 0 Å². The summed E-state index contributed by atoms with van der Waals surface area (Å²) in [7, 11) is 1.61. The van der Waals surface area contributed by atoms with Gasteiger partial charge in [-0.2, -0.15) is 0 Å². The molecule has 1 atom stereocenters. The van der Waals surface area contributed by atoms with Gasteiger partial charge in [-0.15, -0.1) is 0 Å². The van der Waals surface area contributed by atoms with E-state index in [2.05, 4.69) is 5.32 Å². The minimum absolute atomic E-state index is 0.0183. The molecular weight excluding hydrogens is 268 g/mol. The minimum Gasteiger partial charge on any atom is -0.496 e. The third-order valence-corrected chi connectivity index (χ3v) is 3.57. The quantitative estimate of drug-likeness (QED) is 0.895. The monoisotopic (exact) mass is 290 g/mol. The predicted molar refractivity (Wildman–Crippen MR) is 79.8 cm³/mol. The van der Waals surface area contributed by atoms with Crippen molar-refractivity contribution in [1.82, 2.24) is 10.2 Å². The number of para-hydroxylation sites is 1. The lowest BCUT2D eigenvalue weighted by Gasteiger charge is -2.18. The molecule has 21 heavy (non-hydrogen) atoms. The van der Waals surface area contributed by atoms with Crippen molar-refractivity contribution in [3.8, 4) is 5.75 Å². The first kappa shape index (κ1) is 15.4. The van der Waals surface area contributed by atoms with Gasteiger partial charge in [0.15, 0.2) is 0 Å². The van der Waals surface area contributed by atoms with Crippen molar-refractivity contribution in [2.75, 3.05) is 13.7 Å². The fourth-order valence-electron chi connectivity index (χ4n) is 2.54. The van der Waals surface area contributed by atoms with Crippen molar-refractivity contribution >= 4 is 11.8 Å². The summed E-state index contributed by atoms with van der Waals surface area (Å²) >= 11 is 0. The summed E-state index contributed by atoms with van der Waals surface area (Å²) in [5.74, 6) is 0.487. The van der Waals surface area contributed by atoms with Crippen LogP contribution in [0, 0.1) is 5.92 Å². The lowest BCUT2D eigenvalue weighted by atomic mass is 10.1. The second kappa shape index (κ2) is 6.61. The Morgan fingerprint density at radius 2 is 2.14 bits per heavy atom. The van der Waals surface area contributed by atoms with Gasteiger partial charge < -0.3 is 15.0 Å². The Kier molecular flexibility index (Phi) is 4.83. The van der Waals surface area contributed by atoms with Crippen LogP contribution in [-0.4, -0.2) is 36.4 Å². The third-order valence-electron chi connectivity index (χ3n) is 3.57. The van der Waals surface area contributed by atoms with Crippen LogP contribution in [0.15, 0.2) is 24.3 Å². The Labute approximate surface area is 125 Å². The number of hydrogen-bond acceptors (Lipinski definition) is 3. The number of hydrogen-bond donors (Lipinski definition) is 1. The van der Waals surface area contributed by atoms with Gasteiger partial charge in [-0.3, -0.25) is 9.59 Å². The van der Waals surface area contributed by atoms with Gasteiger partial charge in [-0.05, 0) is 19.9 Å². The Bertz CT molecular complexity index is 528. The molecule has 0 aliphatic carbocycles. The molecular formula is C16H22N2O3. The second-order valence-electron chi connectivity index (χ2n) is 5.65. The van der Waals surface area contributed by atoms with Crippen LogP contribution in [0.4, 0.5) is 0 Å². The largest absolute Gasteiger partial charge is 0.496 e. The van der Waals surface area contributed by atoms with Crippen LogP contribution in [-0.2, 0) is 16.1 Å². The van der Waals surface area contributed by atoms with E-state index in [1.807, 2.05) is 38.1 Å². The molecule has 1 N–H and O–H groups in total. The maximum atomic E-state index is 12.1. The summed E-state index contributed by atoms with van der Waals surface area (Å²) in [5, 5.41) is 2.87. The Morgan fingerprint density at radius 1 is 1.43 bits per heavy atom. The zero-order valence-electron chi connectivity index (χ0n) is 12.8. The molecule has 0 unspecified atom stereocenters. The first-order valence-corrected chi connectivity index (χ1v) is 7.21. The highest BCUT2D eigenvalue weighted by Crippen LogP contribution is 2.24. The normalized spacial score (nSPS) is 18.2. The smallest absolute Gasteiger partial charge is 0.225 e. The molecule has 1 saturated heterocycles. The second-order valence-corrected chi connectivity index (χ2v) is 5.65. The van der Waals surface area contributed by atoms with E-state index < -0.39 is 0 Å². The summed E-state index contributed by atoms with van der Waals surface area (Å²) in [4.78, 5) is 25.8. The molecule has 114 valence electrons. The molecule has 1 aliphatic rings. The number of carbonyl (C=O) groups is 2. The SMILES string of the molecule is COc1ccccc1CN1C[C@@H](C(=O)NC(C)C)CC1=O. The van der Waals surface area contributed by atoms with E-state index in [1.54, 1.807) is 12.0 Å². The van der Waals surface area contributed by atoms with Crippen molar-refractivity contribution in [1.29, 1.82) is 0 Å². The number of amides is 2. The highest BCUT2D eigenvalue weighted by molar-refractivity contribution is 5.89. The van der Waals surface area contributed by atoms with Crippen LogP contribution in [0.1, 0.15) is 25.8 Å². The number of ether oxygens (including phenoxy) is 1. The van der Waals surface area contributed by atoms with Crippen molar-refractivity contribution in [2.24, 2.45) is 5.92 Å².